The quantitative estimate of drug-likeness (QED) is 0.636. The maximum Gasteiger partial charge on any atom is 0.387 e. The molecule has 10 heteroatoms. The van der Waals surface area contributed by atoms with Crippen LogP contribution in [0.4, 0.5) is 13.6 Å². The van der Waals surface area contributed by atoms with Crippen molar-refractivity contribution in [1.82, 2.24) is 10.2 Å². The van der Waals surface area contributed by atoms with Crippen LogP contribution in [0, 0.1) is 0 Å². The number of thioether (sulfide) groups is 1. The average molecular weight is 438 g/mol. The fourth-order valence-electron chi connectivity index (χ4n) is 2.53. The molecule has 1 aliphatic rings. The summed E-state index contributed by atoms with van der Waals surface area (Å²) in [5.41, 5.74) is 0.571. The molecule has 1 fully saturated rings. The molecule has 0 saturated carbocycles. The molecule has 0 aliphatic carbocycles. The molecule has 1 aromatic carbocycles. The summed E-state index contributed by atoms with van der Waals surface area (Å²) in [4.78, 5) is 38.7. The van der Waals surface area contributed by atoms with Gasteiger partial charge in [-0.3, -0.25) is 19.3 Å². The molecule has 3 rings (SSSR count). The average Bonchev–Trinajstić information content (AvgIpc) is 3.26. The summed E-state index contributed by atoms with van der Waals surface area (Å²) in [6, 6.07) is 9.45. The van der Waals surface area contributed by atoms with E-state index >= 15 is 0 Å². The van der Waals surface area contributed by atoms with Crippen LogP contribution < -0.4 is 10.1 Å². The topological polar surface area (TPSA) is 75.7 Å². The van der Waals surface area contributed by atoms with Gasteiger partial charge in [-0.2, -0.15) is 8.78 Å². The number of nitrogens with one attached hydrogen (secondary N) is 1. The van der Waals surface area contributed by atoms with E-state index in [9.17, 15) is 23.2 Å². The Labute approximate surface area is 173 Å². The van der Waals surface area contributed by atoms with E-state index in [1.807, 2.05) is 17.5 Å². The standard InChI is InChI=1S/C19H16F2N2O4S2/c20-18(21)27-13-5-3-12(4-6-13)10-15-17(25)23(19(26)29-15)8-7-22-16(24)11-14-2-1-9-28-14/h1-6,9-10,18H,7-8,11H2,(H,22,24)/b15-10+. The second kappa shape index (κ2) is 9.66. The highest BCUT2D eigenvalue weighted by molar-refractivity contribution is 8.18. The molecular formula is C19H16F2N2O4S2. The molecule has 3 amide bonds. The minimum atomic E-state index is -2.91. The summed E-state index contributed by atoms with van der Waals surface area (Å²) in [6.45, 7) is -2.68. The second-order valence-corrected chi connectivity index (χ2v) is 7.91. The Bertz CT molecular complexity index is 915. The SMILES string of the molecule is O=C(Cc1cccs1)NCCN1C(=O)S/C(=C/c2ccc(OC(F)F)cc2)C1=O. The number of ether oxygens (including phenoxy) is 1. The van der Waals surface area contributed by atoms with Crippen molar-refractivity contribution < 1.29 is 27.9 Å². The van der Waals surface area contributed by atoms with E-state index in [0.29, 0.717) is 5.56 Å². The zero-order valence-electron chi connectivity index (χ0n) is 15.0. The fraction of sp³-hybridized carbons (Fsp3) is 0.211. The van der Waals surface area contributed by atoms with E-state index in [2.05, 4.69) is 10.1 Å². The molecule has 2 heterocycles. The molecule has 0 atom stereocenters. The van der Waals surface area contributed by atoms with Crippen LogP contribution in [0.1, 0.15) is 10.4 Å². The molecule has 0 spiro atoms. The monoisotopic (exact) mass is 438 g/mol. The van der Waals surface area contributed by atoms with Crippen LogP contribution in [0.25, 0.3) is 6.08 Å². The molecule has 152 valence electrons. The van der Waals surface area contributed by atoms with Crippen LogP contribution in [-0.2, 0) is 16.0 Å². The van der Waals surface area contributed by atoms with E-state index in [4.69, 9.17) is 0 Å². The fourth-order valence-corrected chi connectivity index (χ4v) is 4.10. The third-order valence-corrected chi connectivity index (χ3v) is 5.63. The van der Waals surface area contributed by atoms with E-state index in [-0.39, 0.29) is 36.1 Å². The van der Waals surface area contributed by atoms with Crippen LogP contribution in [-0.4, -0.2) is 41.7 Å². The highest BCUT2D eigenvalue weighted by atomic mass is 32.2. The van der Waals surface area contributed by atoms with Crippen molar-refractivity contribution >= 4 is 46.2 Å². The van der Waals surface area contributed by atoms with Crippen LogP contribution >= 0.6 is 23.1 Å². The van der Waals surface area contributed by atoms with Gasteiger partial charge in [-0.1, -0.05) is 18.2 Å². The summed E-state index contributed by atoms with van der Waals surface area (Å²) in [5, 5.41) is 4.15. The van der Waals surface area contributed by atoms with Gasteiger partial charge in [0.1, 0.15) is 5.75 Å². The van der Waals surface area contributed by atoms with Crippen LogP contribution in [0.2, 0.25) is 0 Å². The number of alkyl halides is 2. The Kier molecular flexibility index (Phi) is 6.99. The summed E-state index contributed by atoms with van der Waals surface area (Å²) in [5.74, 6) is -0.634. The molecule has 6 nitrogen and oxygen atoms in total. The minimum Gasteiger partial charge on any atom is -0.435 e. The van der Waals surface area contributed by atoms with Gasteiger partial charge in [0.2, 0.25) is 5.91 Å². The molecule has 0 radical (unpaired) electrons. The van der Waals surface area contributed by atoms with Gasteiger partial charge in [0.05, 0.1) is 11.3 Å². The first-order chi connectivity index (χ1) is 13.9. The van der Waals surface area contributed by atoms with Crippen molar-refractivity contribution in [3.05, 3.63) is 57.1 Å². The maximum atomic E-state index is 12.4. The summed E-state index contributed by atoms with van der Waals surface area (Å²) in [7, 11) is 0. The van der Waals surface area contributed by atoms with Gasteiger partial charge in [-0.15, -0.1) is 11.3 Å². The number of hydrogen-bond donors (Lipinski definition) is 1. The lowest BCUT2D eigenvalue weighted by atomic mass is 10.2. The highest BCUT2D eigenvalue weighted by Gasteiger charge is 2.34. The predicted molar refractivity (Wildman–Crippen MR) is 107 cm³/mol. The first-order valence-corrected chi connectivity index (χ1v) is 10.2. The molecule has 1 N–H and O–H groups in total. The summed E-state index contributed by atoms with van der Waals surface area (Å²) < 4.78 is 28.6. The Morgan fingerprint density at radius 1 is 1.21 bits per heavy atom. The zero-order chi connectivity index (χ0) is 20.8. The number of rotatable bonds is 8. The Morgan fingerprint density at radius 3 is 2.62 bits per heavy atom. The smallest absolute Gasteiger partial charge is 0.387 e. The number of halogens is 2. The third-order valence-electron chi connectivity index (χ3n) is 3.85. The minimum absolute atomic E-state index is 0.00328. The molecular weight excluding hydrogens is 422 g/mol. The van der Waals surface area contributed by atoms with Crippen molar-refractivity contribution in [3.63, 3.8) is 0 Å². The summed E-state index contributed by atoms with van der Waals surface area (Å²) >= 11 is 2.27. The van der Waals surface area contributed by atoms with Crippen LogP contribution in [0.3, 0.4) is 0 Å². The number of nitrogens with zero attached hydrogens (tertiary/aromatic N) is 1. The van der Waals surface area contributed by atoms with Crippen LogP contribution in [0.5, 0.6) is 5.75 Å². The molecule has 0 unspecified atom stereocenters. The van der Waals surface area contributed by atoms with Gasteiger partial charge >= 0.3 is 6.61 Å². The van der Waals surface area contributed by atoms with E-state index in [1.54, 1.807) is 0 Å². The van der Waals surface area contributed by atoms with Gasteiger partial charge in [-0.05, 0) is 47.0 Å². The largest absolute Gasteiger partial charge is 0.435 e. The first kappa shape index (κ1) is 21.0. The molecule has 1 aromatic heterocycles. The number of carbonyl (C=O) groups is 3. The zero-order valence-corrected chi connectivity index (χ0v) is 16.6. The Balaban J connectivity index is 1.53. The highest BCUT2D eigenvalue weighted by Crippen LogP contribution is 2.32. The number of benzene rings is 1. The number of carbonyl (C=O) groups excluding carboxylic acids is 3. The van der Waals surface area contributed by atoms with Crippen molar-refractivity contribution in [2.45, 2.75) is 13.0 Å². The lowest BCUT2D eigenvalue weighted by Gasteiger charge is -2.12. The van der Waals surface area contributed by atoms with Crippen LogP contribution in [0.15, 0.2) is 46.7 Å². The molecule has 29 heavy (non-hydrogen) atoms. The maximum absolute atomic E-state index is 12.4. The molecule has 2 aromatic rings. The van der Waals surface area contributed by atoms with Crippen molar-refractivity contribution in [2.75, 3.05) is 13.1 Å². The first-order valence-electron chi connectivity index (χ1n) is 8.51. The number of amides is 3. The number of thiophene rings is 1. The Morgan fingerprint density at radius 2 is 1.97 bits per heavy atom. The van der Waals surface area contributed by atoms with Gasteiger partial charge in [0.25, 0.3) is 11.1 Å². The van der Waals surface area contributed by atoms with Gasteiger partial charge in [0.15, 0.2) is 0 Å². The van der Waals surface area contributed by atoms with Crippen molar-refractivity contribution in [1.29, 1.82) is 0 Å². The van der Waals surface area contributed by atoms with E-state index in [1.165, 1.54) is 41.7 Å². The lowest BCUT2D eigenvalue weighted by Crippen LogP contribution is -2.37. The Hall–Kier alpha value is -2.72. The van der Waals surface area contributed by atoms with Gasteiger partial charge < -0.3 is 10.1 Å². The summed E-state index contributed by atoms with van der Waals surface area (Å²) in [6.07, 6.45) is 1.76. The van der Waals surface area contributed by atoms with E-state index in [0.717, 1.165) is 21.5 Å². The number of hydrogen-bond acceptors (Lipinski definition) is 6. The lowest BCUT2D eigenvalue weighted by molar-refractivity contribution is -0.124. The second-order valence-electron chi connectivity index (χ2n) is 5.89. The van der Waals surface area contributed by atoms with E-state index < -0.39 is 17.8 Å². The molecule has 1 saturated heterocycles. The third kappa shape index (κ3) is 5.88. The molecule has 0 bridgehead atoms. The van der Waals surface area contributed by atoms with Gasteiger partial charge in [-0.25, -0.2) is 0 Å². The van der Waals surface area contributed by atoms with Crippen molar-refractivity contribution in [2.24, 2.45) is 0 Å². The molecule has 1 aliphatic heterocycles. The van der Waals surface area contributed by atoms with Crippen molar-refractivity contribution in [3.8, 4) is 5.75 Å². The van der Waals surface area contributed by atoms with Gasteiger partial charge in [0, 0.05) is 18.0 Å². The number of imide groups is 1. The predicted octanol–water partition coefficient (Wildman–Crippen LogP) is 3.74. The normalized spacial score (nSPS) is 15.4.